The second-order valence-electron chi connectivity index (χ2n) is 6.34. The van der Waals surface area contributed by atoms with Gasteiger partial charge >= 0.3 is 0 Å². The molecule has 0 aliphatic heterocycles. The molecule has 24 heavy (non-hydrogen) atoms. The summed E-state index contributed by atoms with van der Waals surface area (Å²) in [6, 6.07) is 6.36. The van der Waals surface area contributed by atoms with E-state index in [-0.39, 0.29) is 10.8 Å². The maximum absolute atomic E-state index is 11.9. The summed E-state index contributed by atoms with van der Waals surface area (Å²) in [6.07, 6.45) is 4.45. The van der Waals surface area contributed by atoms with Gasteiger partial charge in [0.1, 0.15) is 5.75 Å². The van der Waals surface area contributed by atoms with Gasteiger partial charge in [-0.15, -0.1) is 0 Å². The van der Waals surface area contributed by atoms with E-state index in [9.17, 15) is 13.2 Å². The van der Waals surface area contributed by atoms with Crippen molar-refractivity contribution >= 4 is 15.7 Å². The zero-order valence-electron chi connectivity index (χ0n) is 14.3. The quantitative estimate of drug-likeness (QED) is 0.641. The van der Waals surface area contributed by atoms with Crippen molar-refractivity contribution in [3.8, 4) is 5.75 Å². The molecule has 6 nitrogen and oxygen atoms in total. The Bertz CT molecular complexity index is 639. The Balaban J connectivity index is 1.61. The van der Waals surface area contributed by atoms with Gasteiger partial charge in [0.15, 0.2) is 9.84 Å². The van der Waals surface area contributed by atoms with Crippen molar-refractivity contribution < 1.29 is 17.9 Å². The van der Waals surface area contributed by atoms with Crippen molar-refractivity contribution in [3.05, 3.63) is 24.3 Å². The molecule has 0 saturated heterocycles. The van der Waals surface area contributed by atoms with Crippen LogP contribution >= 0.6 is 0 Å². The van der Waals surface area contributed by atoms with Gasteiger partial charge in [0, 0.05) is 19.8 Å². The Morgan fingerprint density at radius 3 is 2.54 bits per heavy atom. The molecule has 0 heterocycles. The first kappa shape index (κ1) is 18.7. The van der Waals surface area contributed by atoms with Crippen LogP contribution in [0.3, 0.4) is 0 Å². The Labute approximate surface area is 144 Å². The van der Waals surface area contributed by atoms with Crippen LogP contribution in [0.1, 0.15) is 19.3 Å². The van der Waals surface area contributed by atoms with Crippen molar-refractivity contribution in [3.63, 3.8) is 0 Å². The summed E-state index contributed by atoms with van der Waals surface area (Å²) in [5, 5.41) is 3.19. The fourth-order valence-electron chi connectivity index (χ4n) is 2.24. The average molecular weight is 354 g/mol. The highest BCUT2D eigenvalue weighted by molar-refractivity contribution is 7.90. The standard InChI is InChI=1S/C17H26N2O4S/c1-19(17(20)13-18-12-14-4-5-14)10-3-11-23-15-6-8-16(9-7-15)24(2,21)22/h6-9,14,18H,3-5,10-13H2,1-2H3. The molecular formula is C17H26N2O4S. The van der Waals surface area contributed by atoms with Gasteiger partial charge < -0.3 is 15.0 Å². The van der Waals surface area contributed by atoms with Gasteiger partial charge in [0.25, 0.3) is 0 Å². The fourth-order valence-corrected chi connectivity index (χ4v) is 2.87. The maximum atomic E-state index is 11.9. The van der Waals surface area contributed by atoms with Gasteiger partial charge in [-0.3, -0.25) is 4.79 Å². The molecule has 1 aromatic rings. The van der Waals surface area contributed by atoms with Gasteiger partial charge in [-0.1, -0.05) is 0 Å². The molecule has 1 saturated carbocycles. The Hall–Kier alpha value is -1.60. The van der Waals surface area contributed by atoms with Crippen LogP contribution in [-0.4, -0.2) is 58.8 Å². The van der Waals surface area contributed by atoms with Crippen molar-refractivity contribution in [2.75, 3.05) is 39.5 Å². The summed E-state index contributed by atoms with van der Waals surface area (Å²) < 4.78 is 28.3. The number of sulfone groups is 1. The van der Waals surface area contributed by atoms with Crippen molar-refractivity contribution in [1.82, 2.24) is 10.2 Å². The third kappa shape index (κ3) is 6.49. The van der Waals surface area contributed by atoms with Crippen molar-refractivity contribution in [1.29, 1.82) is 0 Å². The van der Waals surface area contributed by atoms with Gasteiger partial charge in [-0.05, 0) is 56.0 Å². The monoisotopic (exact) mass is 354 g/mol. The molecule has 1 fully saturated rings. The number of carbonyl (C=O) groups excluding carboxylic acids is 1. The number of nitrogens with one attached hydrogen (secondary N) is 1. The molecular weight excluding hydrogens is 328 g/mol. The predicted octanol–water partition coefficient (Wildman–Crippen LogP) is 1.32. The molecule has 0 aromatic heterocycles. The number of hydrogen-bond donors (Lipinski definition) is 1. The second-order valence-corrected chi connectivity index (χ2v) is 8.35. The van der Waals surface area contributed by atoms with Crippen LogP contribution in [0, 0.1) is 5.92 Å². The maximum Gasteiger partial charge on any atom is 0.236 e. The molecule has 0 spiro atoms. The molecule has 7 heteroatoms. The minimum atomic E-state index is -3.18. The average Bonchev–Trinajstić information content (AvgIpc) is 3.35. The van der Waals surface area contributed by atoms with E-state index in [0.29, 0.717) is 25.4 Å². The van der Waals surface area contributed by atoms with E-state index >= 15 is 0 Å². The highest BCUT2D eigenvalue weighted by Crippen LogP contribution is 2.27. The molecule has 0 bridgehead atoms. The largest absolute Gasteiger partial charge is 0.494 e. The molecule has 1 aromatic carbocycles. The van der Waals surface area contributed by atoms with Crippen LogP contribution in [0.25, 0.3) is 0 Å². The van der Waals surface area contributed by atoms with Gasteiger partial charge in [0.05, 0.1) is 18.0 Å². The van der Waals surface area contributed by atoms with E-state index in [1.807, 2.05) is 0 Å². The summed E-state index contributed by atoms with van der Waals surface area (Å²) >= 11 is 0. The lowest BCUT2D eigenvalue weighted by molar-refractivity contribution is -0.129. The molecule has 0 radical (unpaired) electrons. The summed E-state index contributed by atoms with van der Waals surface area (Å²) in [5.74, 6) is 1.49. The number of nitrogens with zero attached hydrogens (tertiary/aromatic N) is 1. The number of rotatable bonds is 10. The van der Waals surface area contributed by atoms with Gasteiger partial charge in [-0.2, -0.15) is 0 Å². The number of carbonyl (C=O) groups is 1. The van der Waals surface area contributed by atoms with E-state index in [1.165, 1.54) is 31.2 Å². The van der Waals surface area contributed by atoms with E-state index < -0.39 is 9.84 Å². The van der Waals surface area contributed by atoms with Crippen LogP contribution < -0.4 is 10.1 Å². The lowest BCUT2D eigenvalue weighted by Crippen LogP contribution is -2.37. The first-order chi connectivity index (χ1) is 11.4. The number of likely N-dealkylation sites (N-methyl/N-ethyl adjacent to an activating group) is 1. The smallest absolute Gasteiger partial charge is 0.236 e. The van der Waals surface area contributed by atoms with Crippen LogP contribution in [0.15, 0.2) is 29.2 Å². The Kier molecular flexibility index (Phi) is 6.62. The van der Waals surface area contributed by atoms with E-state index in [4.69, 9.17) is 4.74 Å². The third-order valence-corrected chi connectivity index (χ3v) is 5.12. The van der Waals surface area contributed by atoms with Crippen molar-refractivity contribution in [2.24, 2.45) is 5.92 Å². The van der Waals surface area contributed by atoms with E-state index in [1.54, 1.807) is 24.1 Å². The molecule has 0 unspecified atom stereocenters. The first-order valence-electron chi connectivity index (χ1n) is 8.24. The number of benzene rings is 1. The minimum absolute atomic E-state index is 0.0909. The molecule has 1 aliphatic rings. The molecule has 0 atom stereocenters. The number of hydrogen-bond acceptors (Lipinski definition) is 5. The summed E-state index contributed by atoms with van der Waals surface area (Å²) in [6.45, 7) is 2.43. The lowest BCUT2D eigenvalue weighted by atomic mass is 10.3. The third-order valence-electron chi connectivity index (χ3n) is 3.99. The van der Waals surface area contributed by atoms with Crippen LogP contribution in [0.4, 0.5) is 0 Å². The first-order valence-corrected chi connectivity index (χ1v) is 10.1. The van der Waals surface area contributed by atoms with E-state index in [0.717, 1.165) is 18.9 Å². The zero-order chi connectivity index (χ0) is 17.6. The Morgan fingerprint density at radius 2 is 1.96 bits per heavy atom. The molecule has 134 valence electrons. The number of ether oxygens (including phenoxy) is 1. The molecule has 1 amide bonds. The fraction of sp³-hybridized carbons (Fsp3) is 0.588. The predicted molar refractivity (Wildman–Crippen MR) is 92.9 cm³/mol. The summed E-state index contributed by atoms with van der Waals surface area (Å²) in [5.41, 5.74) is 0. The Morgan fingerprint density at radius 1 is 1.29 bits per heavy atom. The SMILES string of the molecule is CN(CCCOc1ccc(S(C)(=O)=O)cc1)C(=O)CNCC1CC1. The highest BCUT2D eigenvalue weighted by Gasteiger charge is 2.20. The van der Waals surface area contributed by atoms with Gasteiger partial charge in [-0.25, -0.2) is 8.42 Å². The minimum Gasteiger partial charge on any atom is -0.494 e. The highest BCUT2D eigenvalue weighted by atomic mass is 32.2. The van der Waals surface area contributed by atoms with Crippen LogP contribution in [-0.2, 0) is 14.6 Å². The molecule has 1 N–H and O–H groups in total. The zero-order valence-corrected chi connectivity index (χ0v) is 15.1. The van der Waals surface area contributed by atoms with Crippen molar-refractivity contribution in [2.45, 2.75) is 24.2 Å². The summed E-state index contributed by atoms with van der Waals surface area (Å²) in [7, 11) is -1.39. The molecule has 2 rings (SSSR count). The van der Waals surface area contributed by atoms with Gasteiger partial charge in [0.2, 0.25) is 5.91 Å². The molecule has 1 aliphatic carbocycles. The van der Waals surface area contributed by atoms with Crippen LogP contribution in [0.5, 0.6) is 5.75 Å². The van der Waals surface area contributed by atoms with E-state index in [2.05, 4.69) is 5.32 Å². The van der Waals surface area contributed by atoms with Crippen LogP contribution in [0.2, 0.25) is 0 Å². The normalized spacial score (nSPS) is 14.4. The number of amides is 1. The lowest BCUT2D eigenvalue weighted by Gasteiger charge is -2.17. The topological polar surface area (TPSA) is 75.7 Å². The summed E-state index contributed by atoms with van der Waals surface area (Å²) in [4.78, 5) is 13.9. The second kappa shape index (κ2) is 8.48.